The minimum absolute atomic E-state index is 0.0684. The number of rotatable bonds is 2. The molecule has 7 heteroatoms. The van der Waals surface area contributed by atoms with E-state index >= 15 is 0 Å². The standard InChI is InChI=1S/C12H8ClF2N3S/c13-11-10(2-1-5-16-11)18-12(19)17-9-4-3-7(14)6-8(9)15/h1-6H,(H2,17,18,19). The first kappa shape index (κ1) is 13.6. The number of hydrogen-bond acceptors (Lipinski definition) is 2. The summed E-state index contributed by atoms with van der Waals surface area (Å²) in [6.45, 7) is 0. The monoisotopic (exact) mass is 299 g/mol. The lowest BCUT2D eigenvalue weighted by molar-refractivity contribution is 0.586. The molecule has 0 saturated heterocycles. The van der Waals surface area contributed by atoms with Gasteiger partial charge >= 0.3 is 0 Å². The molecular formula is C12H8ClF2N3S. The molecule has 3 nitrogen and oxygen atoms in total. The average molecular weight is 300 g/mol. The third-order valence-electron chi connectivity index (χ3n) is 2.19. The van der Waals surface area contributed by atoms with Crippen LogP contribution < -0.4 is 10.6 Å². The number of nitrogens with zero attached hydrogens (tertiary/aromatic N) is 1. The molecule has 2 N–H and O–H groups in total. The molecule has 1 aromatic heterocycles. The Balaban J connectivity index is 2.08. The van der Waals surface area contributed by atoms with E-state index in [9.17, 15) is 8.78 Å². The van der Waals surface area contributed by atoms with Gasteiger partial charge in [-0.15, -0.1) is 0 Å². The zero-order chi connectivity index (χ0) is 13.8. The van der Waals surface area contributed by atoms with E-state index in [1.807, 2.05) is 0 Å². The Morgan fingerprint density at radius 3 is 2.58 bits per heavy atom. The van der Waals surface area contributed by atoms with Crippen LogP contribution in [-0.2, 0) is 0 Å². The molecular weight excluding hydrogens is 292 g/mol. The molecule has 0 atom stereocenters. The lowest BCUT2D eigenvalue weighted by atomic mass is 10.3. The normalized spacial score (nSPS) is 10.1. The van der Waals surface area contributed by atoms with E-state index in [2.05, 4.69) is 15.6 Å². The van der Waals surface area contributed by atoms with Crippen LogP contribution in [0.3, 0.4) is 0 Å². The van der Waals surface area contributed by atoms with Crippen LogP contribution in [0.15, 0.2) is 36.5 Å². The molecule has 0 aliphatic rings. The van der Waals surface area contributed by atoms with Gasteiger partial charge in [0.2, 0.25) is 0 Å². The van der Waals surface area contributed by atoms with Gasteiger partial charge in [-0.2, -0.15) is 0 Å². The van der Waals surface area contributed by atoms with E-state index in [1.54, 1.807) is 12.1 Å². The van der Waals surface area contributed by atoms with Crippen LogP contribution in [0.25, 0.3) is 0 Å². The van der Waals surface area contributed by atoms with E-state index in [0.717, 1.165) is 12.1 Å². The number of pyridine rings is 1. The number of benzene rings is 1. The lowest BCUT2D eigenvalue weighted by Gasteiger charge is -2.11. The average Bonchev–Trinajstić information content (AvgIpc) is 2.36. The topological polar surface area (TPSA) is 37.0 Å². The number of hydrogen-bond donors (Lipinski definition) is 2. The van der Waals surface area contributed by atoms with Crippen LogP contribution in [0.4, 0.5) is 20.2 Å². The Morgan fingerprint density at radius 1 is 1.16 bits per heavy atom. The highest BCUT2D eigenvalue weighted by atomic mass is 35.5. The van der Waals surface area contributed by atoms with Crippen LogP contribution in [0.5, 0.6) is 0 Å². The van der Waals surface area contributed by atoms with Crippen molar-refractivity contribution in [1.82, 2.24) is 4.98 Å². The van der Waals surface area contributed by atoms with Crippen LogP contribution in [0.2, 0.25) is 5.15 Å². The van der Waals surface area contributed by atoms with Crippen molar-refractivity contribution in [2.45, 2.75) is 0 Å². The van der Waals surface area contributed by atoms with E-state index in [4.69, 9.17) is 23.8 Å². The molecule has 19 heavy (non-hydrogen) atoms. The summed E-state index contributed by atoms with van der Waals surface area (Å²) < 4.78 is 26.1. The maximum absolute atomic E-state index is 13.4. The van der Waals surface area contributed by atoms with Crippen molar-refractivity contribution < 1.29 is 8.78 Å². The molecule has 2 aromatic rings. The van der Waals surface area contributed by atoms with Crippen LogP contribution in [0.1, 0.15) is 0 Å². The Hall–Kier alpha value is -1.79. The zero-order valence-corrected chi connectivity index (χ0v) is 11.0. The Bertz CT molecular complexity index is 622. The second-order valence-corrected chi connectivity index (χ2v) is 4.31. The fraction of sp³-hybridized carbons (Fsp3) is 0. The summed E-state index contributed by atoms with van der Waals surface area (Å²) in [5, 5.41) is 5.74. The molecule has 0 radical (unpaired) electrons. The summed E-state index contributed by atoms with van der Waals surface area (Å²) in [5.41, 5.74) is 0.558. The zero-order valence-electron chi connectivity index (χ0n) is 9.45. The predicted molar refractivity (Wildman–Crippen MR) is 75.4 cm³/mol. The van der Waals surface area contributed by atoms with Crippen LogP contribution in [-0.4, -0.2) is 10.1 Å². The number of nitrogens with one attached hydrogen (secondary N) is 2. The molecule has 2 rings (SSSR count). The van der Waals surface area contributed by atoms with Gasteiger partial charge < -0.3 is 10.6 Å². The van der Waals surface area contributed by atoms with Gasteiger partial charge in [-0.1, -0.05) is 11.6 Å². The maximum atomic E-state index is 13.4. The fourth-order valence-corrected chi connectivity index (χ4v) is 1.73. The van der Waals surface area contributed by atoms with Gasteiger partial charge in [-0.05, 0) is 36.5 Å². The minimum Gasteiger partial charge on any atom is -0.330 e. The van der Waals surface area contributed by atoms with E-state index in [-0.39, 0.29) is 16.0 Å². The molecule has 0 bridgehead atoms. The Morgan fingerprint density at radius 2 is 1.89 bits per heavy atom. The lowest BCUT2D eigenvalue weighted by Crippen LogP contribution is -2.20. The Labute approximate surface area is 118 Å². The number of thiocarbonyl (C=S) groups is 1. The Kier molecular flexibility index (Phi) is 4.24. The first-order valence-electron chi connectivity index (χ1n) is 5.20. The van der Waals surface area contributed by atoms with E-state index in [0.29, 0.717) is 5.69 Å². The number of aromatic nitrogens is 1. The molecule has 1 heterocycles. The second kappa shape index (κ2) is 5.90. The highest BCUT2D eigenvalue weighted by Crippen LogP contribution is 2.19. The van der Waals surface area contributed by atoms with E-state index in [1.165, 1.54) is 12.3 Å². The predicted octanol–water partition coefficient (Wildman–Crippen LogP) is 3.82. The maximum Gasteiger partial charge on any atom is 0.175 e. The molecule has 98 valence electrons. The summed E-state index contributed by atoms with van der Waals surface area (Å²) in [5.74, 6) is -1.39. The SMILES string of the molecule is Fc1ccc(NC(=S)Nc2cccnc2Cl)c(F)c1. The molecule has 0 amide bonds. The van der Waals surface area contributed by atoms with Crippen molar-refractivity contribution in [2.24, 2.45) is 0 Å². The van der Waals surface area contributed by atoms with Gasteiger partial charge in [-0.25, -0.2) is 13.8 Å². The van der Waals surface area contributed by atoms with Crippen molar-refractivity contribution in [1.29, 1.82) is 0 Å². The molecule has 0 unspecified atom stereocenters. The third-order valence-corrected chi connectivity index (χ3v) is 2.69. The van der Waals surface area contributed by atoms with Crippen molar-refractivity contribution in [2.75, 3.05) is 10.6 Å². The first-order chi connectivity index (χ1) is 9.06. The van der Waals surface area contributed by atoms with Gasteiger partial charge in [0.1, 0.15) is 11.6 Å². The van der Waals surface area contributed by atoms with Gasteiger partial charge in [0.15, 0.2) is 10.3 Å². The van der Waals surface area contributed by atoms with Crippen molar-refractivity contribution in [3.63, 3.8) is 0 Å². The third kappa shape index (κ3) is 3.59. The minimum atomic E-state index is -0.735. The molecule has 0 spiro atoms. The molecule has 0 aliphatic heterocycles. The first-order valence-corrected chi connectivity index (χ1v) is 5.98. The van der Waals surface area contributed by atoms with Gasteiger partial charge in [0, 0.05) is 12.3 Å². The van der Waals surface area contributed by atoms with Gasteiger partial charge in [0.25, 0.3) is 0 Å². The summed E-state index contributed by atoms with van der Waals surface area (Å²) in [4.78, 5) is 3.86. The highest BCUT2D eigenvalue weighted by Gasteiger charge is 2.07. The molecule has 1 aromatic carbocycles. The number of halogens is 3. The molecule has 0 fully saturated rings. The van der Waals surface area contributed by atoms with Gasteiger partial charge in [-0.3, -0.25) is 0 Å². The highest BCUT2D eigenvalue weighted by molar-refractivity contribution is 7.80. The summed E-state index contributed by atoms with van der Waals surface area (Å²) in [7, 11) is 0. The second-order valence-electron chi connectivity index (χ2n) is 3.55. The van der Waals surface area contributed by atoms with Crippen LogP contribution >= 0.6 is 23.8 Å². The van der Waals surface area contributed by atoms with Gasteiger partial charge in [0.05, 0.1) is 11.4 Å². The molecule has 0 aliphatic carbocycles. The number of anilines is 2. The fourth-order valence-electron chi connectivity index (χ4n) is 1.35. The summed E-state index contributed by atoms with van der Waals surface area (Å²) in [6, 6.07) is 6.50. The van der Waals surface area contributed by atoms with Crippen molar-refractivity contribution >= 4 is 40.3 Å². The summed E-state index contributed by atoms with van der Waals surface area (Å²) in [6.07, 6.45) is 1.53. The van der Waals surface area contributed by atoms with E-state index < -0.39 is 11.6 Å². The van der Waals surface area contributed by atoms with Crippen LogP contribution in [0, 0.1) is 11.6 Å². The summed E-state index contributed by atoms with van der Waals surface area (Å²) >= 11 is 10.8. The van der Waals surface area contributed by atoms with Crippen molar-refractivity contribution in [3.8, 4) is 0 Å². The molecule has 0 saturated carbocycles. The quantitative estimate of drug-likeness (QED) is 0.653. The van der Waals surface area contributed by atoms with Crippen molar-refractivity contribution in [3.05, 3.63) is 53.3 Å². The smallest absolute Gasteiger partial charge is 0.175 e. The largest absolute Gasteiger partial charge is 0.330 e.